The summed E-state index contributed by atoms with van der Waals surface area (Å²) in [5.74, 6) is -3.46. The van der Waals surface area contributed by atoms with E-state index in [1.54, 1.807) is 12.1 Å². The third-order valence-electron chi connectivity index (χ3n) is 3.98. The predicted octanol–water partition coefficient (Wildman–Crippen LogP) is -3.78. The number of hydrogen-bond donors (Lipinski definition) is 5. The number of nitrogens with one attached hydrogen (secondary N) is 1. The minimum Gasteiger partial charge on any atom is -0.481 e. The van der Waals surface area contributed by atoms with Gasteiger partial charge in [0.1, 0.15) is 18.7 Å². The van der Waals surface area contributed by atoms with E-state index in [4.69, 9.17) is 21.1 Å². The number of rotatable bonds is 11. The van der Waals surface area contributed by atoms with Gasteiger partial charge in [0.25, 0.3) is 0 Å². The second kappa shape index (κ2) is 17.1. The number of benzene rings is 1. The van der Waals surface area contributed by atoms with Crippen LogP contribution in [0.4, 0.5) is 0 Å². The molecule has 0 aliphatic carbocycles. The first-order chi connectivity index (χ1) is 14.7. The number of methoxy groups -OCH3 is 1. The van der Waals surface area contributed by atoms with Crippen molar-refractivity contribution in [1.29, 1.82) is 0 Å². The fourth-order valence-electron chi connectivity index (χ4n) is 2.64. The molecule has 1 aromatic carbocycles. The van der Waals surface area contributed by atoms with Crippen LogP contribution >= 0.6 is 0 Å². The van der Waals surface area contributed by atoms with Gasteiger partial charge in [-0.1, -0.05) is 30.3 Å². The molecule has 3 atom stereocenters. The molecule has 0 radical (unpaired) electrons. The average Bonchev–Trinajstić information content (AvgIpc) is 2.65. The number of carboxylic acid groups (broad SMARTS) is 2. The zero-order valence-electron chi connectivity index (χ0n) is 19.9. The summed E-state index contributed by atoms with van der Waals surface area (Å²) in [7, 11) is 6.94. The van der Waals surface area contributed by atoms with Crippen molar-refractivity contribution in [3.8, 4) is 0 Å². The molecule has 1 amide bonds. The molecule has 0 saturated carbocycles. The molecule has 33 heavy (non-hydrogen) atoms. The zero-order valence-corrected chi connectivity index (χ0v) is 23.0. The normalized spacial score (nSPS) is 13.2. The first kappa shape index (κ1) is 33.8. The van der Waals surface area contributed by atoms with Gasteiger partial charge in [0.2, 0.25) is 5.91 Å². The Morgan fingerprint density at radius 3 is 1.97 bits per heavy atom. The van der Waals surface area contributed by atoms with E-state index in [-0.39, 0.29) is 64.2 Å². The number of ether oxygens (including phenoxy) is 1. The van der Waals surface area contributed by atoms with Crippen molar-refractivity contribution in [3.63, 3.8) is 0 Å². The molecule has 0 spiro atoms. The molecule has 0 bridgehead atoms. The predicted molar refractivity (Wildman–Crippen MR) is 115 cm³/mol. The number of esters is 1. The zero-order chi connectivity index (χ0) is 24.9. The summed E-state index contributed by atoms with van der Waals surface area (Å²) in [5.41, 5.74) is 6.29. The van der Waals surface area contributed by atoms with Gasteiger partial charge >= 0.3 is 69.3 Å². The number of aliphatic hydroxyl groups excluding tert-OH is 1. The number of carbonyl (C=O) groups is 4. The van der Waals surface area contributed by atoms with Crippen LogP contribution in [0, 0.1) is 0 Å². The Morgan fingerprint density at radius 1 is 1.03 bits per heavy atom. The fraction of sp³-hybridized carbons (Fsp3) is 0.524. The third-order valence-corrected chi connectivity index (χ3v) is 3.98. The van der Waals surface area contributed by atoms with Gasteiger partial charge < -0.3 is 35.6 Å². The van der Waals surface area contributed by atoms with Gasteiger partial charge in [-0.25, -0.2) is 4.79 Å². The number of nitrogens with zero attached hydrogens (tertiary/aromatic N) is 1. The number of likely N-dealkylation sites (N-methyl/N-ethyl adjacent to an activating group) is 1. The third kappa shape index (κ3) is 17.7. The number of nitrogens with two attached hydrogens (primary N) is 1. The Balaban J connectivity index is 0. The van der Waals surface area contributed by atoms with Crippen LogP contribution in [0.3, 0.4) is 0 Å². The molecule has 6 N–H and O–H groups in total. The van der Waals surface area contributed by atoms with E-state index in [1.165, 1.54) is 7.11 Å². The van der Waals surface area contributed by atoms with E-state index in [9.17, 15) is 19.2 Å². The maximum absolute atomic E-state index is 11.8. The summed E-state index contributed by atoms with van der Waals surface area (Å²) in [4.78, 5) is 44.2. The van der Waals surface area contributed by atoms with Gasteiger partial charge in [0.15, 0.2) is 0 Å². The van der Waals surface area contributed by atoms with E-state index in [0.717, 1.165) is 5.56 Å². The largest absolute Gasteiger partial charge is 1.00 e. The van der Waals surface area contributed by atoms with Crippen molar-refractivity contribution < 1.29 is 95.1 Å². The van der Waals surface area contributed by atoms with Crippen LogP contribution in [0.1, 0.15) is 18.4 Å². The van der Waals surface area contributed by atoms with Gasteiger partial charge in [-0.05, 0) is 5.56 Å². The molecular weight excluding hydrogens is 461 g/mol. The van der Waals surface area contributed by atoms with E-state index in [2.05, 4.69) is 10.1 Å². The molecule has 0 heterocycles. The molecule has 0 unspecified atom stereocenters. The van der Waals surface area contributed by atoms with Crippen molar-refractivity contribution in [1.82, 2.24) is 5.32 Å². The number of amides is 1. The summed E-state index contributed by atoms with van der Waals surface area (Å²) in [6, 6.07) is 6.93. The number of aliphatic hydroxyl groups is 1. The summed E-state index contributed by atoms with van der Waals surface area (Å²) in [5, 5.41) is 28.5. The van der Waals surface area contributed by atoms with Gasteiger partial charge in [0.05, 0.1) is 47.1 Å². The number of aliphatic carboxylic acids is 2. The smallest absolute Gasteiger partial charge is 0.481 e. The molecule has 1 aromatic rings. The van der Waals surface area contributed by atoms with Gasteiger partial charge in [-0.2, -0.15) is 0 Å². The Labute approximate surface area is 236 Å². The van der Waals surface area contributed by atoms with Crippen LogP contribution in [-0.4, -0.2) is 96.6 Å². The standard InChI is InChI=1S/C14H18N2O5.C7H15NO3.K/c1-21-14(20)11(7-9-5-3-2-4-6-9)16-13(19)10(15)8-12(17)18;1-8(2,3)5-6(9)4-7(10)11;/h2-6,10-11H,7-8,15H2,1H3,(H,16,19)(H,17,18);6,9H,4-5H2,1-3H3;/q;;+1/p+1/t10-,11-;6-;/m01./s1. The summed E-state index contributed by atoms with van der Waals surface area (Å²) < 4.78 is 5.21. The second-order valence-electron chi connectivity index (χ2n) is 8.20. The van der Waals surface area contributed by atoms with E-state index in [1.807, 2.05) is 39.3 Å². The Hall–Kier alpha value is -1.38. The molecule has 0 aliphatic heterocycles. The average molecular weight is 496 g/mol. The molecular formula is C21H34KN3O8+2. The van der Waals surface area contributed by atoms with Crippen LogP contribution in [0.2, 0.25) is 0 Å². The van der Waals surface area contributed by atoms with Gasteiger partial charge in [-0.15, -0.1) is 0 Å². The maximum Gasteiger partial charge on any atom is 1.00 e. The van der Waals surface area contributed by atoms with Crippen molar-refractivity contribution in [2.24, 2.45) is 5.73 Å². The maximum atomic E-state index is 11.8. The quantitative estimate of drug-likeness (QED) is 0.117. The molecule has 0 aliphatic rings. The molecule has 11 nitrogen and oxygen atoms in total. The Kier molecular flexibility index (Phi) is 17.5. The number of carbonyl (C=O) groups excluding carboxylic acids is 2. The van der Waals surface area contributed by atoms with Crippen molar-refractivity contribution in [3.05, 3.63) is 35.9 Å². The Morgan fingerprint density at radius 2 is 1.55 bits per heavy atom. The number of hydrogen-bond acceptors (Lipinski definition) is 7. The first-order valence-electron chi connectivity index (χ1n) is 9.85. The van der Waals surface area contributed by atoms with Crippen LogP contribution in [-0.2, 0) is 30.3 Å². The molecule has 180 valence electrons. The molecule has 12 heteroatoms. The van der Waals surface area contributed by atoms with Crippen LogP contribution < -0.4 is 62.4 Å². The van der Waals surface area contributed by atoms with Crippen molar-refractivity contribution >= 4 is 23.8 Å². The minimum absolute atomic E-state index is 0. The van der Waals surface area contributed by atoms with E-state index in [0.29, 0.717) is 11.0 Å². The number of quaternary nitrogens is 1. The topological polar surface area (TPSA) is 176 Å². The molecule has 0 aromatic heterocycles. The van der Waals surface area contributed by atoms with Crippen molar-refractivity contribution in [2.75, 3.05) is 34.8 Å². The minimum atomic E-state index is -1.22. The molecule has 0 fully saturated rings. The SMILES string of the molecule is COC(=O)[C@H](Cc1ccccc1)NC(=O)[C@@H](N)CC(=O)O.C[N+](C)(C)C[C@H](O)CC(=O)O.[K+]. The van der Waals surface area contributed by atoms with Crippen molar-refractivity contribution in [2.45, 2.75) is 37.5 Å². The van der Waals surface area contributed by atoms with Gasteiger partial charge in [0, 0.05) is 6.42 Å². The second-order valence-corrected chi connectivity index (χ2v) is 8.20. The first-order valence-corrected chi connectivity index (χ1v) is 9.85. The van der Waals surface area contributed by atoms with Gasteiger partial charge in [-0.3, -0.25) is 14.4 Å². The number of carboxylic acids is 2. The van der Waals surface area contributed by atoms with E-state index < -0.39 is 48.4 Å². The Bertz CT molecular complexity index is 756. The molecule has 0 saturated heterocycles. The van der Waals surface area contributed by atoms with E-state index >= 15 is 0 Å². The summed E-state index contributed by atoms with van der Waals surface area (Å²) in [6.45, 7) is 0.465. The van der Waals surface area contributed by atoms with Crippen LogP contribution in [0.25, 0.3) is 0 Å². The summed E-state index contributed by atoms with van der Waals surface area (Å²) in [6.07, 6.45) is -1.19. The molecule has 1 rings (SSSR count). The van der Waals surface area contributed by atoms with Crippen LogP contribution in [0.5, 0.6) is 0 Å². The monoisotopic (exact) mass is 495 g/mol. The summed E-state index contributed by atoms with van der Waals surface area (Å²) >= 11 is 0. The van der Waals surface area contributed by atoms with Crippen LogP contribution in [0.15, 0.2) is 30.3 Å². The fourth-order valence-corrected chi connectivity index (χ4v) is 2.64.